The summed E-state index contributed by atoms with van der Waals surface area (Å²) in [5, 5.41) is 9.86. The van der Waals surface area contributed by atoms with Crippen LogP contribution in [0.2, 0.25) is 0 Å². The minimum atomic E-state index is -1.20. The van der Waals surface area contributed by atoms with Crippen LogP contribution >= 0.6 is 12.6 Å². The van der Waals surface area contributed by atoms with Gasteiger partial charge in [0.1, 0.15) is 0 Å². The van der Waals surface area contributed by atoms with Crippen LogP contribution in [-0.2, 0) is 10.5 Å². The predicted octanol–water partition coefficient (Wildman–Crippen LogP) is 1.80. The summed E-state index contributed by atoms with van der Waals surface area (Å²) in [5.41, 5.74) is 0.761. The molecule has 72 valence electrons. The monoisotopic (exact) mass is 198 g/mol. The van der Waals surface area contributed by atoms with E-state index in [0.29, 0.717) is 12.4 Å². The average Bonchev–Trinajstić information content (AvgIpc) is 2.16. The molecule has 1 atom stereocenters. The maximum Gasteiger partial charge on any atom is 0.189 e. The first-order valence-electron chi connectivity index (χ1n) is 4.19. The van der Waals surface area contributed by atoms with Gasteiger partial charge in [-0.3, -0.25) is 0 Å². The molecule has 1 aromatic carbocycles. The lowest BCUT2D eigenvalue weighted by Gasteiger charge is -2.23. The van der Waals surface area contributed by atoms with Gasteiger partial charge in [0.05, 0.1) is 6.61 Å². The predicted molar refractivity (Wildman–Crippen MR) is 55.8 cm³/mol. The van der Waals surface area contributed by atoms with Crippen LogP contribution in [0.1, 0.15) is 12.5 Å². The molecule has 0 aliphatic carbocycles. The van der Waals surface area contributed by atoms with Crippen LogP contribution in [0.5, 0.6) is 0 Å². The topological polar surface area (TPSA) is 29.5 Å². The Hall–Kier alpha value is -0.510. The second-order valence-electron chi connectivity index (χ2n) is 2.92. The molecule has 0 aliphatic heterocycles. The van der Waals surface area contributed by atoms with Crippen molar-refractivity contribution in [1.82, 2.24) is 0 Å². The van der Waals surface area contributed by atoms with E-state index in [4.69, 9.17) is 4.74 Å². The van der Waals surface area contributed by atoms with Crippen molar-refractivity contribution in [2.24, 2.45) is 0 Å². The summed E-state index contributed by atoms with van der Waals surface area (Å²) in [6.07, 6.45) is 0. The fraction of sp³-hybridized carbons (Fsp3) is 0.400. The molecule has 0 bridgehead atoms. The van der Waals surface area contributed by atoms with Gasteiger partial charge in [0.15, 0.2) is 5.79 Å². The second kappa shape index (κ2) is 4.65. The highest BCUT2D eigenvalue weighted by atomic mass is 32.1. The van der Waals surface area contributed by atoms with Gasteiger partial charge in [0.25, 0.3) is 0 Å². The van der Waals surface area contributed by atoms with E-state index in [1.165, 1.54) is 0 Å². The van der Waals surface area contributed by atoms with Gasteiger partial charge >= 0.3 is 0 Å². The summed E-state index contributed by atoms with van der Waals surface area (Å²) in [7, 11) is 0. The highest BCUT2D eigenvalue weighted by Gasteiger charge is 2.22. The fourth-order valence-corrected chi connectivity index (χ4v) is 1.17. The number of thiol groups is 1. The Bertz CT molecular complexity index is 246. The zero-order chi connectivity index (χ0) is 9.73. The van der Waals surface area contributed by atoms with E-state index in [1.807, 2.05) is 30.3 Å². The third kappa shape index (κ3) is 3.03. The summed E-state index contributed by atoms with van der Waals surface area (Å²) in [5.74, 6) is -0.604. The van der Waals surface area contributed by atoms with E-state index >= 15 is 0 Å². The Morgan fingerprint density at radius 3 is 2.54 bits per heavy atom. The van der Waals surface area contributed by atoms with Crippen molar-refractivity contribution in [2.75, 3.05) is 12.4 Å². The molecule has 0 aromatic heterocycles. The Kier molecular flexibility index (Phi) is 3.78. The molecule has 1 N–H and O–H groups in total. The molecule has 3 heteroatoms. The maximum atomic E-state index is 9.86. The molecule has 0 spiro atoms. The molecule has 0 saturated carbocycles. The Labute approximate surface area is 84.0 Å². The molecule has 0 fully saturated rings. The van der Waals surface area contributed by atoms with Gasteiger partial charge in [-0.25, -0.2) is 0 Å². The van der Waals surface area contributed by atoms with Crippen LogP contribution in [0.3, 0.4) is 0 Å². The zero-order valence-corrected chi connectivity index (χ0v) is 8.50. The van der Waals surface area contributed by atoms with Crippen LogP contribution < -0.4 is 0 Å². The van der Waals surface area contributed by atoms with Crippen molar-refractivity contribution >= 4 is 12.6 Å². The highest BCUT2D eigenvalue weighted by Crippen LogP contribution is 2.21. The first-order chi connectivity index (χ1) is 6.17. The molecule has 13 heavy (non-hydrogen) atoms. The summed E-state index contributed by atoms with van der Waals surface area (Å²) in [4.78, 5) is 0. The molecular formula is C10H14O2S. The smallest absolute Gasteiger partial charge is 0.189 e. The Morgan fingerprint density at radius 2 is 2.00 bits per heavy atom. The number of rotatable bonds is 4. The minimum Gasteiger partial charge on any atom is -0.362 e. The Morgan fingerprint density at radius 1 is 1.38 bits per heavy atom. The standard InChI is InChI=1S/C10H14O2S/c1-10(11,12-7-8-13)9-5-3-2-4-6-9/h2-6,11,13H,7-8H2,1H3. The number of hydrogen-bond acceptors (Lipinski definition) is 3. The van der Waals surface area contributed by atoms with E-state index in [9.17, 15) is 5.11 Å². The van der Waals surface area contributed by atoms with E-state index in [1.54, 1.807) is 6.92 Å². The number of ether oxygens (including phenoxy) is 1. The van der Waals surface area contributed by atoms with E-state index in [0.717, 1.165) is 5.56 Å². The number of hydrogen-bond donors (Lipinski definition) is 2. The number of benzene rings is 1. The van der Waals surface area contributed by atoms with Crippen molar-refractivity contribution in [3.63, 3.8) is 0 Å². The first-order valence-corrected chi connectivity index (χ1v) is 4.83. The van der Waals surface area contributed by atoms with Gasteiger partial charge in [-0.1, -0.05) is 30.3 Å². The van der Waals surface area contributed by atoms with Crippen LogP contribution in [0.25, 0.3) is 0 Å². The van der Waals surface area contributed by atoms with Gasteiger partial charge in [0, 0.05) is 11.3 Å². The molecular weight excluding hydrogens is 184 g/mol. The third-order valence-electron chi connectivity index (χ3n) is 1.78. The van der Waals surface area contributed by atoms with Crippen molar-refractivity contribution in [2.45, 2.75) is 12.7 Å². The maximum absolute atomic E-state index is 9.86. The van der Waals surface area contributed by atoms with Crippen molar-refractivity contribution in [3.05, 3.63) is 35.9 Å². The van der Waals surface area contributed by atoms with Crippen LogP contribution in [0.15, 0.2) is 30.3 Å². The van der Waals surface area contributed by atoms with Crippen LogP contribution in [0.4, 0.5) is 0 Å². The van der Waals surface area contributed by atoms with E-state index < -0.39 is 5.79 Å². The summed E-state index contributed by atoms with van der Waals surface area (Å²) >= 11 is 4.01. The molecule has 0 amide bonds. The van der Waals surface area contributed by atoms with Gasteiger partial charge < -0.3 is 9.84 Å². The molecule has 1 aromatic rings. The summed E-state index contributed by atoms with van der Waals surface area (Å²) in [6.45, 7) is 2.07. The van der Waals surface area contributed by atoms with Gasteiger partial charge in [-0.15, -0.1) is 0 Å². The van der Waals surface area contributed by atoms with Crippen LogP contribution in [-0.4, -0.2) is 17.5 Å². The fourth-order valence-electron chi connectivity index (χ4n) is 1.08. The molecule has 0 heterocycles. The first kappa shape index (κ1) is 10.6. The van der Waals surface area contributed by atoms with E-state index in [2.05, 4.69) is 12.6 Å². The SMILES string of the molecule is CC(O)(OCCS)c1ccccc1. The third-order valence-corrected chi connectivity index (χ3v) is 1.97. The van der Waals surface area contributed by atoms with Gasteiger partial charge in [0.2, 0.25) is 0 Å². The normalized spacial score (nSPS) is 15.3. The Balaban J connectivity index is 2.69. The second-order valence-corrected chi connectivity index (χ2v) is 3.37. The van der Waals surface area contributed by atoms with Crippen molar-refractivity contribution in [1.29, 1.82) is 0 Å². The van der Waals surface area contributed by atoms with Crippen molar-refractivity contribution < 1.29 is 9.84 Å². The van der Waals surface area contributed by atoms with Gasteiger partial charge in [-0.05, 0) is 6.92 Å². The summed E-state index contributed by atoms with van der Waals surface area (Å²) < 4.78 is 5.24. The molecule has 0 aliphatic rings. The molecule has 1 rings (SSSR count). The highest BCUT2D eigenvalue weighted by molar-refractivity contribution is 7.80. The molecule has 2 nitrogen and oxygen atoms in total. The summed E-state index contributed by atoms with van der Waals surface area (Å²) in [6, 6.07) is 9.30. The van der Waals surface area contributed by atoms with Crippen molar-refractivity contribution in [3.8, 4) is 0 Å². The average molecular weight is 198 g/mol. The largest absolute Gasteiger partial charge is 0.362 e. The minimum absolute atomic E-state index is 0.436. The lowest BCUT2D eigenvalue weighted by atomic mass is 10.1. The molecule has 0 saturated heterocycles. The lowest BCUT2D eigenvalue weighted by molar-refractivity contribution is -0.194. The lowest BCUT2D eigenvalue weighted by Crippen LogP contribution is -2.26. The quantitative estimate of drug-likeness (QED) is 0.570. The number of aliphatic hydroxyl groups is 1. The van der Waals surface area contributed by atoms with E-state index in [-0.39, 0.29) is 0 Å². The molecule has 0 radical (unpaired) electrons. The molecule has 1 unspecified atom stereocenters. The van der Waals surface area contributed by atoms with Gasteiger partial charge in [-0.2, -0.15) is 12.6 Å². The van der Waals surface area contributed by atoms with Crippen LogP contribution in [0, 0.1) is 0 Å². The zero-order valence-electron chi connectivity index (χ0n) is 7.60.